The van der Waals surface area contributed by atoms with Crippen LogP contribution in [0.5, 0.6) is 5.75 Å². The normalized spacial score (nSPS) is 10.6. The quantitative estimate of drug-likeness (QED) is 0.702. The molecule has 0 unspecified atom stereocenters. The Kier molecular flexibility index (Phi) is 6.72. The first kappa shape index (κ1) is 20.6. The highest BCUT2D eigenvalue weighted by atomic mass is 19.1. The van der Waals surface area contributed by atoms with E-state index in [2.05, 4.69) is 16.9 Å². The van der Waals surface area contributed by atoms with Gasteiger partial charge in [0.05, 0.1) is 18.4 Å². The number of anilines is 1. The van der Waals surface area contributed by atoms with Gasteiger partial charge in [-0.25, -0.2) is 4.39 Å². The Bertz CT molecular complexity index is 850. The lowest BCUT2D eigenvalue weighted by Crippen LogP contribution is -2.20. The topological polar surface area (TPSA) is 51.2 Å². The molecule has 0 bridgehead atoms. The monoisotopic (exact) mass is 370 g/mol. The third-order valence-electron chi connectivity index (χ3n) is 4.71. The Morgan fingerprint density at radius 2 is 1.81 bits per heavy atom. The van der Waals surface area contributed by atoms with Gasteiger partial charge < -0.3 is 10.1 Å². The van der Waals surface area contributed by atoms with Crippen molar-refractivity contribution in [3.8, 4) is 5.75 Å². The summed E-state index contributed by atoms with van der Waals surface area (Å²) in [6, 6.07) is 3.79. The molecular formula is C22H27FN2O2. The molecule has 5 heteroatoms. The summed E-state index contributed by atoms with van der Waals surface area (Å²) >= 11 is 0. The predicted octanol–water partition coefficient (Wildman–Crippen LogP) is 4.95. The second-order valence-electron chi connectivity index (χ2n) is 6.42. The van der Waals surface area contributed by atoms with Gasteiger partial charge in [0.25, 0.3) is 5.91 Å². The van der Waals surface area contributed by atoms with Crippen molar-refractivity contribution in [2.75, 3.05) is 12.4 Å². The van der Waals surface area contributed by atoms with E-state index in [4.69, 9.17) is 4.74 Å². The number of pyridine rings is 1. The van der Waals surface area contributed by atoms with E-state index in [0.717, 1.165) is 35.4 Å². The van der Waals surface area contributed by atoms with Crippen molar-refractivity contribution in [3.63, 3.8) is 0 Å². The van der Waals surface area contributed by atoms with E-state index in [9.17, 15) is 4.79 Å². The van der Waals surface area contributed by atoms with Crippen molar-refractivity contribution in [1.29, 1.82) is 0 Å². The summed E-state index contributed by atoms with van der Waals surface area (Å²) in [5.41, 5.74) is 3.96. The first-order valence-electron chi connectivity index (χ1n) is 9.15. The van der Waals surface area contributed by atoms with Gasteiger partial charge in [-0.1, -0.05) is 19.9 Å². The van der Waals surface area contributed by atoms with Crippen LogP contribution in [0.2, 0.25) is 0 Å². The lowest BCUT2D eigenvalue weighted by Gasteiger charge is -2.18. The molecule has 27 heavy (non-hydrogen) atoms. The number of ether oxygens (including phenoxy) is 1. The van der Waals surface area contributed by atoms with Gasteiger partial charge in [0.15, 0.2) is 0 Å². The summed E-state index contributed by atoms with van der Waals surface area (Å²) in [5.74, 6) is -0.270. The standard InChI is InChI=1S/C22H27FN2O2/c1-7-10-18-13(4)24-14(5)19(20(18)23)22(26)25-21-15(8-2)11-17(27-6)12-16(21)9-3/h7,11-12H,1,8-10H2,2-6H3,(H,25,26). The maximum Gasteiger partial charge on any atom is 0.260 e. The number of allylic oxidation sites excluding steroid dienone is 1. The molecule has 0 atom stereocenters. The largest absolute Gasteiger partial charge is 0.497 e. The highest BCUT2D eigenvalue weighted by molar-refractivity contribution is 6.06. The van der Waals surface area contributed by atoms with Crippen LogP contribution in [0.4, 0.5) is 10.1 Å². The molecule has 0 saturated heterocycles. The zero-order chi connectivity index (χ0) is 20.1. The molecule has 0 aliphatic heterocycles. The number of aryl methyl sites for hydroxylation is 4. The summed E-state index contributed by atoms with van der Waals surface area (Å²) in [6.07, 6.45) is 3.37. The molecule has 0 saturated carbocycles. The number of nitrogens with zero attached hydrogens (tertiary/aromatic N) is 1. The van der Waals surface area contributed by atoms with Crippen LogP contribution >= 0.6 is 0 Å². The summed E-state index contributed by atoms with van der Waals surface area (Å²) in [4.78, 5) is 17.3. The highest BCUT2D eigenvalue weighted by Gasteiger charge is 2.22. The maximum absolute atomic E-state index is 15.0. The number of aromatic nitrogens is 1. The molecule has 0 spiro atoms. The van der Waals surface area contributed by atoms with Crippen LogP contribution in [0, 0.1) is 19.7 Å². The molecule has 2 aromatic rings. The third-order valence-corrected chi connectivity index (χ3v) is 4.71. The van der Waals surface area contributed by atoms with Crippen LogP contribution in [-0.4, -0.2) is 18.0 Å². The number of benzene rings is 1. The number of nitrogens with one attached hydrogen (secondary N) is 1. The van der Waals surface area contributed by atoms with Gasteiger partial charge in [0, 0.05) is 16.9 Å². The fourth-order valence-corrected chi connectivity index (χ4v) is 3.24. The first-order valence-corrected chi connectivity index (χ1v) is 9.15. The highest BCUT2D eigenvalue weighted by Crippen LogP contribution is 2.30. The Labute approximate surface area is 160 Å². The van der Waals surface area contributed by atoms with Gasteiger partial charge >= 0.3 is 0 Å². The molecule has 0 aliphatic rings. The zero-order valence-electron chi connectivity index (χ0n) is 16.7. The Morgan fingerprint density at radius 3 is 2.30 bits per heavy atom. The van der Waals surface area contributed by atoms with Gasteiger partial charge in [-0.05, 0) is 56.4 Å². The van der Waals surface area contributed by atoms with E-state index < -0.39 is 11.7 Å². The number of methoxy groups -OCH3 is 1. The number of carbonyl (C=O) groups excluding carboxylic acids is 1. The third kappa shape index (κ3) is 4.18. The number of hydrogen-bond acceptors (Lipinski definition) is 3. The smallest absolute Gasteiger partial charge is 0.260 e. The van der Waals surface area contributed by atoms with E-state index in [-0.39, 0.29) is 5.56 Å². The second kappa shape index (κ2) is 8.80. The van der Waals surface area contributed by atoms with E-state index in [1.54, 1.807) is 27.0 Å². The molecular weight excluding hydrogens is 343 g/mol. The molecule has 4 nitrogen and oxygen atoms in total. The molecule has 144 valence electrons. The molecule has 1 N–H and O–H groups in total. The Balaban J connectivity index is 2.53. The first-order chi connectivity index (χ1) is 12.9. The molecule has 2 rings (SSSR count). The van der Waals surface area contributed by atoms with Gasteiger partial charge in [0.2, 0.25) is 0 Å². The number of hydrogen-bond donors (Lipinski definition) is 1. The van der Waals surface area contributed by atoms with Crippen LogP contribution in [0.15, 0.2) is 24.8 Å². The van der Waals surface area contributed by atoms with Crippen molar-refractivity contribution >= 4 is 11.6 Å². The van der Waals surface area contributed by atoms with E-state index in [0.29, 0.717) is 23.4 Å². The van der Waals surface area contributed by atoms with Crippen LogP contribution in [0.1, 0.15) is 52.3 Å². The molecule has 1 amide bonds. The Morgan fingerprint density at radius 1 is 1.22 bits per heavy atom. The van der Waals surface area contributed by atoms with Gasteiger partial charge in [0.1, 0.15) is 11.6 Å². The zero-order valence-corrected chi connectivity index (χ0v) is 16.7. The van der Waals surface area contributed by atoms with Crippen LogP contribution in [-0.2, 0) is 19.3 Å². The summed E-state index contributed by atoms with van der Waals surface area (Å²) < 4.78 is 20.4. The summed E-state index contributed by atoms with van der Waals surface area (Å²) in [7, 11) is 1.62. The number of carbonyl (C=O) groups is 1. The van der Waals surface area contributed by atoms with Crippen molar-refractivity contribution in [1.82, 2.24) is 4.98 Å². The molecule has 1 aromatic carbocycles. The van der Waals surface area contributed by atoms with Crippen molar-refractivity contribution in [2.45, 2.75) is 47.0 Å². The van der Waals surface area contributed by atoms with E-state index in [1.165, 1.54) is 0 Å². The summed E-state index contributed by atoms with van der Waals surface area (Å²) in [5, 5.41) is 2.92. The van der Waals surface area contributed by atoms with Crippen molar-refractivity contribution in [2.24, 2.45) is 0 Å². The fourth-order valence-electron chi connectivity index (χ4n) is 3.24. The Hall–Kier alpha value is -2.69. The van der Waals surface area contributed by atoms with Gasteiger partial charge in [-0.2, -0.15) is 0 Å². The number of rotatable bonds is 7. The number of halogens is 1. The minimum Gasteiger partial charge on any atom is -0.497 e. The molecule has 0 aliphatic carbocycles. The van der Waals surface area contributed by atoms with Crippen molar-refractivity contribution < 1.29 is 13.9 Å². The van der Waals surface area contributed by atoms with Gasteiger partial charge in [-0.3, -0.25) is 9.78 Å². The number of amides is 1. The van der Waals surface area contributed by atoms with Crippen molar-refractivity contribution in [3.05, 3.63) is 64.2 Å². The SMILES string of the molecule is C=CCc1c(C)nc(C)c(C(=O)Nc2c(CC)cc(OC)cc2CC)c1F. The average Bonchev–Trinajstić information content (AvgIpc) is 2.64. The minimum absolute atomic E-state index is 0.0163. The van der Waals surface area contributed by atoms with E-state index in [1.807, 2.05) is 26.0 Å². The fraction of sp³-hybridized carbons (Fsp3) is 0.364. The maximum atomic E-state index is 15.0. The van der Waals surface area contributed by atoms with Crippen LogP contribution < -0.4 is 10.1 Å². The lowest BCUT2D eigenvalue weighted by atomic mass is 10.0. The molecule has 1 heterocycles. The van der Waals surface area contributed by atoms with Crippen LogP contribution in [0.3, 0.4) is 0 Å². The second-order valence-corrected chi connectivity index (χ2v) is 6.42. The van der Waals surface area contributed by atoms with Crippen LogP contribution in [0.25, 0.3) is 0 Å². The molecule has 1 aromatic heterocycles. The minimum atomic E-state index is -0.526. The molecule has 0 fully saturated rings. The molecule has 0 radical (unpaired) electrons. The predicted molar refractivity (Wildman–Crippen MR) is 107 cm³/mol. The lowest BCUT2D eigenvalue weighted by molar-refractivity contribution is 0.102. The average molecular weight is 370 g/mol. The summed E-state index contributed by atoms with van der Waals surface area (Å²) in [6.45, 7) is 11.1. The van der Waals surface area contributed by atoms with E-state index >= 15 is 4.39 Å². The van der Waals surface area contributed by atoms with Gasteiger partial charge in [-0.15, -0.1) is 6.58 Å².